The van der Waals surface area contributed by atoms with Crippen LogP contribution in [0.5, 0.6) is 0 Å². The van der Waals surface area contributed by atoms with Gasteiger partial charge in [0.05, 0.1) is 95.0 Å². The Morgan fingerprint density at radius 2 is 1.14 bits per heavy atom. The van der Waals surface area contributed by atoms with Gasteiger partial charge < -0.3 is 28.6 Å². The Morgan fingerprint density at radius 3 is 1.65 bits per heavy atom. The minimum atomic E-state index is -3.86. The number of hydrogen-bond acceptors (Lipinski definition) is 14. The van der Waals surface area contributed by atoms with Gasteiger partial charge in [0.2, 0.25) is 20.0 Å². The van der Waals surface area contributed by atoms with Crippen molar-refractivity contribution in [1.29, 1.82) is 0 Å². The smallest absolute Gasteiger partial charge is 0.255 e. The molecule has 0 unspecified atom stereocenters. The molecule has 4 aromatic carbocycles. The number of fused-ring (bicyclic) bond motifs is 12. The number of anilines is 2. The van der Waals surface area contributed by atoms with Crippen LogP contribution in [0.3, 0.4) is 0 Å². The first kappa shape index (κ1) is 54.8. The molecular formula is C62H50F2N10O8S4. The van der Waals surface area contributed by atoms with Gasteiger partial charge in [0, 0.05) is 104 Å². The maximum Gasteiger partial charge on any atom is 0.255 e. The molecule has 0 radical (unpaired) electrons. The maximum atomic E-state index is 16.8. The highest BCUT2D eigenvalue weighted by atomic mass is 32.2. The number of thiazole rings is 2. The lowest BCUT2D eigenvalue weighted by Crippen LogP contribution is -2.25. The fourth-order valence-electron chi connectivity index (χ4n) is 11.8. The van der Waals surface area contributed by atoms with Crippen LogP contribution in [0.15, 0.2) is 112 Å². The van der Waals surface area contributed by atoms with Gasteiger partial charge in [-0.25, -0.2) is 45.6 Å². The van der Waals surface area contributed by atoms with E-state index in [1.54, 1.807) is 54.9 Å². The monoisotopic (exact) mass is 1230 g/mol. The second-order valence-corrected chi connectivity index (χ2v) is 27.5. The number of benzene rings is 4. The zero-order valence-electron chi connectivity index (χ0n) is 47.1. The van der Waals surface area contributed by atoms with Gasteiger partial charge in [-0.2, -0.15) is 0 Å². The van der Waals surface area contributed by atoms with Gasteiger partial charge >= 0.3 is 0 Å². The molecule has 10 heterocycles. The number of halogens is 2. The Labute approximate surface area is 498 Å². The third kappa shape index (κ3) is 8.69. The van der Waals surface area contributed by atoms with Crippen molar-refractivity contribution in [2.24, 2.45) is 0 Å². The average Bonchev–Trinajstić information content (AvgIpc) is 1.62. The van der Waals surface area contributed by atoms with Crippen molar-refractivity contribution in [1.82, 2.24) is 39.7 Å². The third-order valence-corrected chi connectivity index (χ3v) is 20.9. The van der Waals surface area contributed by atoms with Gasteiger partial charge in [0.15, 0.2) is 11.5 Å². The van der Waals surface area contributed by atoms with Crippen LogP contribution in [0.1, 0.15) is 43.8 Å². The number of nitrogens with one attached hydrogen (secondary N) is 2. The van der Waals surface area contributed by atoms with E-state index in [1.165, 1.54) is 63.0 Å². The van der Waals surface area contributed by atoms with E-state index >= 15 is 8.78 Å². The highest BCUT2D eigenvalue weighted by Crippen LogP contribution is 2.47. The zero-order chi connectivity index (χ0) is 60.0. The summed E-state index contributed by atoms with van der Waals surface area (Å²) in [6, 6.07) is 25.9. The first-order chi connectivity index (χ1) is 41.2. The Balaban J connectivity index is 0.856. The Morgan fingerprint density at radius 1 is 0.628 bits per heavy atom. The van der Waals surface area contributed by atoms with E-state index in [0.29, 0.717) is 125 Å². The van der Waals surface area contributed by atoms with E-state index in [0.717, 1.165) is 48.5 Å². The van der Waals surface area contributed by atoms with Crippen LogP contribution in [0, 0.1) is 11.6 Å². The summed E-state index contributed by atoms with van der Waals surface area (Å²) in [6.07, 6.45) is 7.25. The molecule has 12 aromatic rings. The third-order valence-electron chi connectivity index (χ3n) is 16.3. The predicted molar refractivity (Wildman–Crippen MR) is 332 cm³/mol. The molecule has 0 aliphatic carbocycles. The molecule has 2 N–H and O–H groups in total. The number of carbonyl (C=O) groups excluding carboxylic acids is 2. The van der Waals surface area contributed by atoms with E-state index in [4.69, 9.17) is 23.8 Å². The number of pyridine rings is 2. The summed E-state index contributed by atoms with van der Waals surface area (Å²) >= 11 is 2.58. The number of sulfonamides is 2. The van der Waals surface area contributed by atoms with Crippen LogP contribution in [-0.2, 0) is 52.4 Å². The molecule has 0 saturated carbocycles. The number of nitrogens with zero attached hydrogens (tertiary/aromatic N) is 8. The van der Waals surface area contributed by atoms with Crippen molar-refractivity contribution in [3.05, 3.63) is 142 Å². The number of aromatic nitrogens is 6. The van der Waals surface area contributed by atoms with Gasteiger partial charge in [0.25, 0.3) is 11.8 Å². The van der Waals surface area contributed by atoms with E-state index in [-0.39, 0.29) is 45.2 Å². The summed E-state index contributed by atoms with van der Waals surface area (Å²) in [5.41, 5.74) is 9.19. The minimum absolute atomic E-state index is 0.159. The second-order valence-electron chi connectivity index (χ2n) is 21.3. The zero-order valence-corrected chi connectivity index (χ0v) is 50.3. The molecule has 2 aliphatic rings. The Kier molecular flexibility index (Phi) is 12.7. The second kappa shape index (κ2) is 20.0. The van der Waals surface area contributed by atoms with Crippen LogP contribution >= 0.6 is 22.7 Å². The standard InChI is InChI=1S/C62H50F2N10O8S4/c1-8-53-67-28-51(83-53)58-54(60(75)65-2)37-22-35(44(26-49(37)81-58)71(4)85(6,77)78)42-15-13-31-17-19-74-46-21-32(20-40(64)34(46)25-48(74)57(31)70-42)62-68-29-52(84-62)59-55(61(76)66-3)38-23-36(45(27-50(38)82-59)72(5)86(7,79)80)41-14-12-30-16-18-73-43-11-9-10-39(63)33(43)24-47(73)56(30)69-41/h9-15,20-29H,8,16-19H2,1-7H3,(H,65,75)(H,66,76). The molecule has 0 bridgehead atoms. The van der Waals surface area contributed by atoms with Crippen LogP contribution < -0.4 is 19.2 Å². The molecule has 2 aliphatic heterocycles. The topological polar surface area (TPSA) is 221 Å². The normalized spacial score (nSPS) is 13.1. The van der Waals surface area contributed by atoms with Gasteiger partial charge in [-0.15, -0.1) is 22.7 Å². The molecule has 0 spiro atoms. The van der Waals surface area contributed by atoms with Crippen LogP contribution in [0.4, 0.5) is 20.2 Å². The number of rotatable bonds is 12. The van der Waals surface area contributed by atoms with Gasteiger partial charge in [-0.3, -0.25) is 18.2 Å². The quantitative estimate of drug-likeness (QED) is 0.117. The van der Waals surface area contributed by atoms with Gasteiger partial charge in [-0.05, 0) is 91.1 Å². The molecule has 8 aromatic heterocycles. The lowest BCUT2D eigenvalue weighted by Gasteiger charge is -2.23. The summed E-state index contributed by atoms with van der Waals surface area (Å²) in [5, 5.41) is 8.35. The first-order valence-electron chi connectivity index (χ1n) is 27.3. The van der Waals surface area contributed by atoms with Crippen LogP contribution in [0.25, 0.3) is 121 Å². The fraction of sp³-hybridized carbons (Fsp3) is 0.194. The highest BCUT2D eigenvalue weighted by Gasteiger charge is 2.32. The molecule has 18 nitrogen and oxygen atoms in total. The average molecular weight is 1230 g/mol. The fourth-order valence-corrected chi connectivity index (χ4v) is 14.6. The highest BCUT2D eigenvalue weighted by molar-refractivity contribution is 7.92. The summed E-state index contributed by atoms with van der Waals surface area (Å²) < 4.78 is 104. The van der Waals surface area contributed by atoms with Crippen molar-refractivity contribution >= 4 is 110 Å². The summed E-state index contributed by atoms with van der Waals surface area (Å²) in [6.45, 7) is 3.08. The van der Waals surface area contributed by atoms with Crippen molar-refractivity contribution in [3.63, 3.8) is 0 Å². The molecular weight excluding hydrogens is 1180 g/mol. The van der Waals surface area contributed by atoms with E-state index < -0.39 is 37.7 Å². The summed E-state index contributed by atoms with van der Waals surface area (Å²) in [7, 11) is -1.81. The molecule has 0 atom stereocenters. The SMILES string of the molecule is CCc1ncc(-c2oc3cc(N(C)S(C)(=O)=O)c(-c4ccc5c(n4)-c4cc6c(F)cc(-c7ncc(-c8oc9cc(N(C)S(C)(=O)=O)c(-c%10ccc%11c(n%10)-c%10cc%12c(F)cccc%12n%10CC%11)cc9c8C(=O)NC)s7)cc6n4CC5)cc3c2C(=O)NC)s1. The number of furan rings is 2. The molecule has 0 saturated heterocycles. The number of hydrogen-bond donors (Lipinski definition) is 2. The van der Waals surface area contributed by atoms with Gasteiger partial charge in [-0.1, -0.05) is 25.1 Å². The molecule has 434 valence electrons. The van der Waals surface area contributed by atoms with E-state index in [9.17, 15) is 26.4 Å². The number of aryl methyl sites for hydroxylation is 5. The van der Waals surface area contributed by atoms with E-state index in [1.807, 2.05) is 52.5 Å². The summed E-state index contributed by atoms with van der Waals surface area (Å²) in [5.74, 6) is -1.29. The Hall–Kier alpha value is -9.10. The minimum Gasteiger partial charge on any atom is -0.454 e. The van der Waals surface area contributed by atoms with Crippen molar-refractivity contribution < 1.29 is 44.0 Å². The molecule has 86 heavy (non-hydrogen) atoms. The van der Waals surface area contributed by atoms with Gasteiger partial charge in [0.1, 0.15) is 27.8 Å². The lowest BCUT2D eigenvalue weighted by molar-refractivity contribution is 0.0956. The molecule has 14 rings (SSSR count). The van der Waals surface area contributed by atoms with Crippen molar-refractivity contribution in [2.45, 2.75) is 39.3 Å². The lowest BCUT2D eigenvalue weighted by atomic mass is 9.99. The summed E-state index contributed by atoms with van der Waals surface area (Å²) in [4.78, 5) is 48.4. The first-order valence-corrected chi connectivity index (χ1v) is 32.6. The van der Waals surface area contributed by atoms with Crippen LogP contribution in [-0.4, -0.2) is 98.4 Å². The van der Waals surface area contributed by atoms with Crippen molar-refractivity contribution in [2.75, 3.05) is 49.3 Å². The van der Waals surface area contributed by atoms with E-state index in [2.05, 4.69) is 15.6 Å². The Bertz CT molecular complexity index is 5170. The molecule has 24 heteroatoms. The largest absolute Gasteiger partial charge is 0.454 e. The van der Waals surface area contributed by atoms with Crippen LogP contribution in [0.2, 0.25) is 0 Å². The molecule has 2 amide bonds. The molecule has 0 fully saturated rings. The number of carbonyl (C=O) groups is 2. The number of amides is 2. The maximum absolute atomic E-state index is 16.8. The van der Waals surface area contributed by atoms with Crippen molar-refractivity contribution in [3.8, 4) is 77.1 Å². The predicted octanol–water partition coefficient (Wildman–Crippen LogP) is 11.9.